The molecule has 0 aliphatic carbocycles. The van der Waals surface area contributed by atoms with E-state index < -0.39 is 0 Å². The summed E-state index contributed by atoms with van der Waals surface area (Å²) in [6, 6.07) is 17.4. The lowest BCUT2D eigenvalue weighted by atomic mass is 10.0. The Bertz CT molecular complexity index is 1050. The molecule has 0 aliphatic rings. The number of aryl methyl sites for hydroxylation is 1. The molecule has 5 heteroatoms. The number of aromatic hydroxyl groups is 1. The Morgan fingerprint density at radius 1 is 0.808 bits per heavy atom. The van der Waals surface area contributed by atoms with Crippen molar-refractivity contribution < 1.29 is 5.11 Å². The van der Waals surface area contributed by atoms with Gasteiger partial charge in [0.2, 0.25) is 0 Å². The van der Waals surface area contributed by atoms with E-state index in [9.17, 15) is 5.11 Å². The van der Waals surface area contributed by atoms with Gasteiger partial charge in [0, 0.05) is 41.4 Å². The van der Waals surface area contributed by atoms with E-state index in [1.165, 1.54) is 0 Å². The van der Waals surface area contributed by atoms with Gasteiger partial charge in [0.25, 0.3) is 0 Å². The predicted octanol–water partition coefficient (Wildman–Crippen LogP) is 5.48. The molecule has 2 N–H and O–H groups in total. The van der Waals surface area contributed by atoms with Crippen LogP contribution < -0.4 is 5.32 Å². The zero-order valence-corrected chi connectivity index (χ0v) is 15.0. The molecular weight excluding hydrogens is 346 g/mol. The van der Waals surface area contributed by atoms with Gasteiger partial charge in [-0.3, -0.25) is 9.97 Å². The number of hydrogen-bond donors (Lipinski definition) is 2. The van der Waals surface area contributed by atoms with Gasteiger partial charge in [0.05, 0.1) is 5.52 Å². The van der Waals surface area contributed by atoms with Crippen LogP contribution in [0.4, 0.5) is 11.4 Å². The van der Waals surface area contributed by atoms with Crippen molar-refractivity contribution in [3.8, 4) is 16.9 Å². The van der Waals surface area contributed by atoms with Gasteiger partial charge in [-0.1, -0.05) is 18.2 Å². The third kappa shape index (κ3) is 3.46. The van der Waals surface area contributed by atoms with Gasteiger partial charge < -0.3 is 10.4 Å². The highest BCUT2D eigenvalue weighted by Crippen LogP contribution is 2.31. The van der Waals surface area contributed by atoms with Gasteiger partial charge in [0.15, 0.2) is 0 Å². The van der Waals surface area contributed by atoms with Gasteiger partial charge in [0.1, 0.15) is 5.75 Å². The number of nitrogens with zero attached hydrogens (tertiary/aromatic N) is 2. The van der Waals surface area contributed by atoms with E-state index in [1.807, 2.05) is 31.2 Å². The van der Waals surface area contributed by atoms with Crippen molar-refractivity contribution in [2.75, 3.05) is 5.32 Å². The summed E-state index contributed by atoms with van der Waals surface area (Å²) in [6.07, 6.45) is 5.37. The highest BCUT2D eigenvalue weighted by atomic mass is 35.5. The SMILES string of the molecule is Cc1ccc(O)cc1Nc1ccnc2cc(-c3ccncc3)ccc12.Cl. The summed E-state index contributed by atoms with van der Waals surface area (Å²) in [7, 11) is 0. The predicted molar refractivity (Wildman–Crippen MR) is 108 cm³/mol. The number of halogens is 1. The minimum atomic E-state index is 0. The summed E-state index contributed by atoms with van der Waals surface area (Å²) in [5.41, 5.74) is 6.04. The first-order valence-electron chi connectivity index (χ1n) is 8.06. The van der Waals surface area contributed by atoms with Gasteiger partial charge in [-0.25, -0.2) is 0 Å². The lowest BCUT2D eigenvalue weighted by Gasteiger charge is -2.13. The first-order chi connectivity index (χ1) is 12.2. The Kier molecular flexibility index (Phi) is 5.05. The highest BCUT2D eigenvalue weighted by Gasteiger charge is 2.07. The molecule has 0 aliphatic heterocycles. The second-order valence-electron chi connectivity index (χ2n) is 5.95. The van der Waals surface area contributed by atoms with Crippen LogP contribution in [0.5, 0.6) is 5.75 Å². The van der Waals surface area contributed by atoms with E-state index in [-0.39, 0.29) is 18.2 Å². The lowest BCUT2D eigenvalue weighted by molar-refractivity contribution is 0.475. The Morgan fingerprint density at radius 3 is 2.42 bits per heavy atom. The van der Waals surface area contributed by atoms with Crippen LogP contribution in [0.15, 0.2) is 73.2 Å². The second kappa shape index (κ2) is 7.42. The third-order valence-corrected chi connectivity index (χ3v) is 4.25. The van der Waals surface area contributed by atoms with Crippen LogP contribution >= 0.6 is 12.4 Å². The number of phenolic OH excluding ortho intramolecular Hbond substituents is 1. The fourth-order valence-electron chi connectivity index (χ4n) is 2.87. The summed E-state index contributed by atoms with van der Waals surface area (Å²) < 4.78 is 0. The van der Waals surface area contributed by atoms with E-state index in [4.69, 9.17) is 0 Å². The summed E-state index contributed by atoms with van der Waals surface area (Å²) in [5, 5.41) is 14.2. The van der Waals surface area contributed by atoms with Crippen molar-refractivity contribution in [3.05, 3.63) is 78.8 Å². The molecule has 4 aromatic rings. The Morgan fingerprint density at radius 2 is 1.62 bits per heavy atom. The monoisotopic (exact) mass is 363 g/mol. The minimum Gasteiger partial charge on any atom is -0.508 e. The van der Waals surface area contributed by atoms with Crippen LogP contribution in [0.2, 0.25) is 0 Å². The molecule has 0 bridgehead atoms. The number of pyridine rings is 2. The maximum Gasteiger partial charge on any atom is 0.117 e. The van der Waals surface area contributed by atoms with Crippen LogP contribution in [-0.2, 0) is 0 Å². The zero-order valence-electron chi connectivity index (χ0n) is 14.2. The normalized spacial score (nSPS) is 10.3. The minimum absolute atomic E-state index is 0. The third-order valence-electron chi connectivity index (χ3n) is 4.25. The fourth-order valence-corrected chi connectivity index (χ4v) is 2.87. The van der Waals surface area contributed by atoms with Crippen LogP contribution in [-0.4, -0.2) is 15.1 Å². The molecule has 0 saturated heterocycles. The molecule has 4 nitrogen and oxygen atoms in total. The van der Waals surface area contributed by atoms with Crippen molar-refractivity contribution in [2.24, 2.45) is 0 Å². The summed E-state index contributed by atoms with van der Waals surface area (Å²) in [6.45, 7) is 2.01. The van der Waals surface area contributed by atoms with Crippen LogP contribution in [0, 0.1) is 6.92 Å². The summed E-state index contributed by atoms with van der Waals surface area (Å²) in [4.78, 5) is 8.57. The van der Waals surface area contributed by atoms with Crippen molar-refractivity contribution in [2.45, 2.75) is 6.92 Å². The number of aromatic nitrogens is 2. The average molecular weight is 364 g/mol. The first kappa shape index (κ1) is 17.7. The van der Waals surface area contributed by atoms with Crippen LogP contribution in [0.3, 0.4) is 0 Å². The average Bonchev–Trinajstić information content (AvgIpc) is 2.65. The molecule has 2 heterocycles. The highest BCUT2D eigenvalue weighted by molar-refractivity contribution is 5.95. The Labute approximate surface area is 158 Å². The number of benzene rings is 2. The Balaban J connectivity index is 0.00000196. The van der Waals surface area contributed by atoms with E-state index >= 15 is 0 Å². The molecule has 0 spiro atoms. The van der Waals surface area contributed by atoms with Gasteiger partial charge in [-0.2, -0.15) is 0 Å². The van der Waals surface area contributed by atoms with E-state index in [0.717, 1.165) is 39.0 Å². The smallest absolute Gasteiger partial charge is 0.117 e. The number of phenols is 1. The quantitative estimate of drug-likeness (QED) is 0.506. The molecule has 2 aromatic carbocycles. The standard InChI is InChI=1S/C21H17N3O.ClH/c1-14-2-4-17(25)13-20(14)24-19-8-11-23-21-12-16(3-5-18(19)21)15-6-9-22-10-7-15;/h2-13,25H,1H3,(H,23,24);1H. The van der Waals surface area contributed by atoms with Gasteiger partial charge in [-0.05, 0) is 53.9 Å². The number of hydrogen-bond acceptors (Lipinski definition) is 4. The molecule has 4 rings (SSSR count). The van der Waals surface area contributed by atoms with E-state index in [0.29, 0.717) is 0 Å². The molecule has 0 radical (unpaired) electrons. The van der Waals surface area contributed by atoms with Crippen molar-refractivity contribution in [3.63, 3.8) is 0 Å². The molecule has 0 saturated carbocycles. The number of nitrogens with one attached hydrogen (secondary N) is 1. The maximum atomic E-state index is 9.73. The zero-order chi connectivity index (χ0) is 17.2. The van der Waals surface area contributed by atoms with Crippen molar-refractivity contribution in [1.29, 1.82) is 0 Å². The largest absolute Gasteiger partial charge is 0.508 e. The van der Waals surface area contributed by atoms with Gasteiger partial charge >= 0.3 is 0 Å². The fraction of sp³-hybridized carbons (Fsp3) is 0.0476. The van der Waals surface area contributed by atoms with E-state index in [1.54, 1.807) is 30.7 Å². The molecule has 0 fully saturated rings. The van der Waals surface area contributed by atoms with Crippen LogP contribution in [0.25, 0.3) is 22.0 Å². The molecule has 0 atom stereocenters. The van der Waals surface area contributed by atoms with Gasteiger partial charge in [-0.15, -0.1) is 12.4 Å². The van der Waals surface area contributed by atoms with Crippen LogP contribution in [0.1, 0.15) is 5.56 Å². The van der Waals surface area contributed by atoms with Crippen molar-refractivity contribution >= 4 is 34.7 Å². The summed E-state index contributed by atoms with van der Waals surface area (Å²) >= 11 is 0. The molecule has 130 valence electrons. The Hall–Kier alpha value is -3.11. The molecule has 0 unspecified atom stereocenters. The first-order valence-corrected chi connectivity index (χ1v) is 8.06. The molecule has 26 heavy (non-hydrogen) atoms. The topological polar surface area (TPSA) is 58.0 Å². The summed E-state index contributed by atoms with van der Waals surface area (Å²) in [5.74, 6) is 0.242. The number of fused-ring (bicyclic) bond motifs is 1. The molecule has 0 amide bonds. The second-order valence-corrected chi connectivity index (χ2v) is 5.95. The number of anilines is 2. The molecular formula is C21H18ClN3O. The number of rotatable bonds is 3. The molecule has 2 aromatic heterocycles. The van der Waals surface area contributed by atoms with Crippen molar-refractivity contribution in [1.82, 2.24) is 9.97 Å². The van der Waals surface area contributed by atoms with E-state index in [2.05, 4.69) is 33.5 Å². The lowest BCUT2D eigenvalue weighted by Crippen LogP contribution is -1.95. The maximum absolute atomic E-state index is 9.73.